The molecule has 0 saturated heterocycles. The van der Waals surface area contributed by atoms with Gasteiger partial charge < -0.3 is 10.1 Å². The zero-order chi connectivity index (χ0) is 22.2. The third-order valence-electron chi connectivity index (χ3n) is 4.76. The average molecular weight is 429 g/mol. The monoisotopic (exact) mass is 429 g/mol. The van der Waals surface area contributed by atoms with Gasteiger partial charge in [-0.05, 0) is 26.0 Å². The van der Waals surface area contributed by atoms with Gasteiger partial charge in [0.15, 0.2) is 0 Å². The molecule has 160 valence electrons. The second-order valence-electron chi connectivity index (χ2n) is 6.85. The number of aryl methyl sites for hydroxylation is 1. The maximum absolute atomic E-state index is 12.7. The van der Waals surface area contributed by atoms with Crippen LogP contribution >= 0.6 is 0 Å². The van der Waals surface area contributed by atoms with E-state index in [0.717, 1.165) is 23.8 Å². The molecule has 8 nitrogen and oxygen atoms in total. The largest absolute Gasteiger partial charge is 0.494 e. The van der Waals surface area contributed by atoms with E-state index >= 15 is 0 Å². The molecule has 3 aromatic heterocycles. The number of halogens is 3. The standard InChI is InChI=1S/C20H18F3N7O/c1-11-4-5-28-30(11)14-6-15-17(16(7-14)31-3)26-10-27-18(15)29-12(2)13-8-24-19(25-9-13)20(21,22)23/h4-10,12H,1-3H3,(H,26,27,29)/t12-/m1/s1. The summed E-state index contributed by atoms with van der Waals surface area (Å²) in [6.07, 6.45) is 0.795. The van der Waals surface area contributed by atoms with Crippen LogP contribution in [0.5, 0.6) is 5.75 Å². The highest BCUT2D eigenvalue weighted by atomic mass is 19.4. The molecule has 1 aromatic carbocycles. The summed E-state index contributed by atoms with van der Waals surface area (Å²) in [7, 11) is 1.55. The molecule has 0 aliphatic rings. The van der Waals surface area contributed by atoms with Gasteiger partial charge in [0.2, 0.25) is 5.82 Å². The molecule has 4 aromatic rings. The van der Waals surface area contributed by atoms with Crippen molar-refractivity contribution in [1.82, 2.24) is 29.7 Å². The number of ether oxygens (including phenoxy) is 1. The Bertz CT molecular complexity index is 1220. The zero-order valence-corrected chi connectivity index (χ0v) is 16.8. The van der Waals surface area contributed by atoms with Crippen molar-refractivity contribution in [3.05, 3.63) is 60.2 Å². The van der Waals surface area contributed by atoms with Crippen LogP contribution in [0.1, 0.15) is 30.0 Å². The predicted molar refractivity (Wildman–Crippen MR) is 107 cm³/mol. The molecule has 0 aliphatic carbocycles. The maximum atomic E-state index is 12.7. The summed E-state index contributed by atoms with van der Waals surface area (Å²) in [6, 6.07) is 5.16. The summed E-state index contributed by atoms with van der Waals surface area (Å²) < 4.78 is 45.4. The summed E-state index contributed by atoms with van der Waals surface area (Å²) in [6.45, 7) is 3.70. The second kappa shape index (κ2) is 7.82. The molecule has 0 bridgehead atoms. The van der Waals surface area contributed by atoms with Crippen LogP contribution in [-0.2, 0) is 6.18 Å². The third kappa shape index (κ3) is 3.98. The average Bonchev–Trinajstić information content (AvgIpc) is 3.18. The lowest BCUT2D eigenvalue weighted by molar-refractivity contribution is -0.145. The predicted octanol–water partition coefficient (Wildman–Crippen LogP) is 4.11. The lowest BCUT2D eigenvalue weighted by Crippen LogP contribution is -2.14. The molecular weight excluding hydrogens is 411 g/mol. The summed E-state index contributed by atoms with van der Waals surface area (Å²) in [4.78, 5) is 15.5. The van der Waals surface area contributed by atoms with Crippen LogP contribution in [0.15, 0.2) is 43.1 Å². The summed E-state index contributed by atoms with van der Waals surface area (Å²) in [5.74, 6) is -0.152. The topological polar surface area (TPSA) is 90.6 Å². The van der Waals surface area contributed by atoms with Crippen molar-refractivity contribution in [3.63, 3.8) is 0 Å². The maximum Gasteiger partial charge on any atom is 0.451 e. The Morgan fingerprint density at radius 1 is 1.10 bits per heavy atom. The molecule has 4 rings (SSSR count). The van der Waals surface area contributed by atoms with Crippen molar-refractivity contribution in [2.75, 3.05) is 12.4 Å². The highest BCUT2D eigenvalue weighted by Crippen LogP contribution is 2.33. The number of hydrogen-bond acceptors (Lipinski definition) is 7. The Morgan fingerprint density at radius 3 is 2.45 bits per heavy atom. The highest BCUT2D eigenvalue weighted by Gasteiger charge is 2.34. The molecule has 3 heterocycles. The van der Waals surface area contributed by atoms with Crippen LogP contribution < -0.4 is 10.1 Å². The molecule has 11 heteroatoms. The van der Waals surface area contributed by atoms with Gasteiger partial charge >= 0.3 is 6.18 Å². The first-order valence-electron chi connectivity index (χ1n) is 9.27. The van der Waals surface area contributed by atoms with Gasteiger partial charge in [-0.15, -0.1) is 0 Å². The van der Waals surface area contributed by atoms with E-state index in [1.165, 1.54) is 6.33 Å². The Kier molecular flexibility index (Phi) is 5.17. The van der Waals surface area contributed by atoms with Gasteiger partial charge in [0.25, 0.3) is 0 Å². The lowest BCUT2D eigenvalue weighted by Gasteiger charge is -2.17. The number of alkyl halides is 3. The molecule has 0 spiro atoms. The van der Waals surface area contributed by atoms with Crippen LogP contribution in [0.4, 0.5) is 19.0 Å². The van der Waals surface area contributed by atoms with E-state index in [2.05, 4.69) is 30.4 Å². The van der Waals surface area contributed by atoms with E-state index in [1.54, 1.807) is 24.9 Å². The Labute approximate surface area is 175 Å². The van der Waals surface area contributed by atoms with Crippen LogP contribution in [0.3, 0.4) is 0 Å². The fourth-order valence-electron chi connectivity index (χ4n) is 3.15. The number of anilines is 1. The van der Waals surface area contributed by atoms with E-state index in [0.29, 0.717) is 28.0 Å². The number of rotatable bonds is 5. The summed E-state index contributed by atoms with van der Waals surface area (Å²) in [5, 5.41) is 8.20. The summed E-state index contributed by atoms with van der Waals surface area (Å²) in [5.41, 5.74) is 2.76. The number of benzene rings is 1. The fraction of sp³-hybridized carbons (Fsp3) is 0.250. The molecular formula is C20H18F3N7O. The summed E-state index contributed by atoms with van der Waals surface area (Å²) >= 11 is 0. The number of nitrogens with one attached hydrogen (secondary N) is 1. The minimum atomic E-state index is -4.59. The normalized spacial score (nSPS) is 12.7. The Hall–Kier alpha value is -3.76. The van der Waals surface area contributed by atoms with E-state index < -0.39 is 18.0 Å². The van der Waals surface area contributed by atoms with Crippen LogP contribution in [0.25, 0.3) is 16.6 Å². The van der Waals surface area contributed by atoms with Crippen LogP contribution in [0, 0.1) is 6.92 Å². The number of nitrogens with zero attached hydrogens (tertiary/aromatic N) is 6. The van der Waals surface area contributed by atoms with Gasteiger partial charge in [-0.3, -0.25) is 0 Å². The Morgan fingerprint density at radius 2 is 1.84 bits per heavy atom. The van der Waals surface area contributed by atoms with Gasteiger partial charge in [0.1, 0.15) is 23.4 Å². The van der Waals surface area contributed by atoms with Crippen molar-refractivity contribution < 1.29 is 17.9 Å². The van der Waals surface area contributed by atoms with Gasteiger partial charge in [0, 0.05) is 41.3 Å². The molecule has 0 amide bonds. The molecule has 0 radical (unpaired) electrons. The molecule has 0 aliphatic heterocycles. The second-order valence-corrected chi connectivity index (χ2v) is 6.85. The van der Waals surface area contributed by atoms with Crippen LogP contribution in [-0.4, -0.2) is 36.8 Å². The third-order valence-corrected chi connectivity index (χ3v) is 4.76. The van der Waals surface area contributed by atoms with E-state index in [-0.39, 0.29) is 0 Å². The SMILES string of the molecule is COc1cc(-n2nccc2C)cc2c(N[C@H](C)c3cnc(C(F)(F)F)nc3)ncnc12. The van der Waals surface area contributed by atoms with E-state index in [1.807, 2.05) is 25.1 Å². The first kappa shape index (κ1) is 20.5. The first-order valence-corrected chi connectivity index (χ1v) is 9.27. The van der Waals surface area contributed by atoms with Gasteiger partial charge in [-0.1, -0.05) is 0 Å². The van der Waals surface area contributed by atoms with Crippen molar-refractivity contribution >= 4 is 16.7 Å². The Balaban J connectivity index is 1.73. The molecule has 0 fully saturated rings. The van der Waals surface area contributed by atoms with Gasteiger partial charge in [-0.2, -0.15) is 18.3 Å². The fourth-order valence-corrected chi connectivity index (χ4v) is 3.15. The lowest BCUT2D eigenvalue weighted by atomic mass is 10.1. The molecule has 1 N–H and O–H groups in total. The number of methoxy groups -OCH3 is 1. The van der Waals surface area contributed by atoms with Crippen LogP contribution in [0.2, 0.25) is 0 Å². The van der Waals surface area contributed by atoms with Crippen molar-refractivity contribution in [3.8, 4) is 11.4 Å². The number of hydrogen-bond donors (Lipinski definition) is 1. The van der Waals surface area contributed by atoms with E-state index in [4.69, 9.17) is 4.74 Å². The van der Waals surface area contributed by atoms with Crippen molar-refractivity contribution in [2.24, 2.45) is 0 Å². The van der Waals surface area contributed by atoms with E-state index in [9.17, 15) is 13.2 Å². The highest BCUT2D eigenvalue weighted by molar-refractivity contribution is 5.94. The smallest absolute Gasteiger partial charge is 0.451 e. The number of aromatic nitrogens is 6. The van der Waals surface area contributed by atoms with Crippen molar-refractivity contribution in [1.29, 1.82) is 0 Å². The first-order chi connectivity index (χ1) is 14.8. The number of fused-ring (bicyclic) bond motifs is 1. The molecule has 0 unspecified atom stereocenters. The molecule has 0 saturated carbocycles. The molecule has 31 heavy (non-hydrogen) atoms. The quantitative estimate of drug-likeness (QED) is 0.510. The minimum absolute atomic E-state index is 0.415. The van der Waals surface area contributed by atoms with Gasteiger partial charge in [0.05, 0.1) is 18.8 Å². The van der Waals surface area contributed by atoms with Crippen molar-refractivity contribution in [2.45, 2.75) is 26.1 Å². The minimum Gasteiger partial charge on any atom is -0.494 e. The molecule has 1 atom stereocenters. The van der Waals surface area contributed by atoms with Gasteiger partial charge in [-0.25, -0.2) is 24.6 Å². The zero-order valence-electron chi connectivity index (χ0n) is 16.8.